The van der Waals surface area contributed by atoms with Crippen molar-refractivity contribution in [2.45, 2.75) is 45.7 Å². The molecule has 1 saturated heterocycles. The Morgan fingerprint density at radius 1 is 1.50 bits per heavy atom. The molecule has 1 aliphatic rings. The highest BCUT2D eigenvalue weighted by Gasteiger charge is 2.21. The van der Waals surface area contributed by atoms with Crippen molar-refractivity contribution in [3.05, 3.63) is 0 Å². The summed E-state index contributed by atoms with van der Waals surface area (Å²) in [6, 6.07) is 1.31. The maximum Gasteiger partial charge on any atom is 0.0621 e. The molecule has 12 heavy (non-hydrogen) atoms. The first-order valence-corrected chi connectivity index (χ1v) is 5.09. The minimum absolute atomic E-state index is 0.646. The van der Waals surface area contributed by atoms with Gasteiger partial charge in [-0.2, -0.15) is 0 Å². The molecule has 72 valence electrons. The number of ether oxygens (including phenoxy) is 1. The third-order valence-corrected chi connectivity index (χ3v) is 2.62. The lowest BCUT2D eigenvalue weighted by molar-refractivity contribution is 0.0849. The molecule has 0 aromatic carbocycles. The molecule has 1 aliphatic heterocycles. The Bertz CT molecular complexity index is 125. The molecule has 0 aromatic rings. The lowest BCUT2D eigenvalue weighted by Crippen LogP contribution is -2.41. The molecule has 0 unspecified atom stereocenters. The van der Waals surface area contributed by atoms with E-state index in [1.54, 1.807) is 0 Å². The predicted octanol–water partition coefficient (Wildman–Crippen LogP) is 1.90. The van der Waals surface area contributed by atoms with Crippen LogP contribution in [0.25, 0.3) is 0 Å². The van der Waals surface area contributed by atoms with Crippen molar-refractivity contribution in [3.63, 3.8) is 0 Å². The summed E-state index contributed by atoms with van der Waals surface area (Å²) in [4.78, 5) is 2.56. The molecule has 1 fully saturated rings. The molecule has 1 atom stereocenters. The molecule has 0 saturated carbocycles. The highest BCUT2D eigenvalue weighted by Crippen LogP contribution is 2.13. The van der Waals surface area contributed by atoms with E-state index in [1.165, 1.54) is 19.4 Å². The standard InChI is InChI=1S/C10H21NO/c1-4-10-8-12-7-5-6-11(10)9(2)3/h9-10H,4-8H2,1-3H3/t10-/m0/s1. The predicted molar refractivity (Wildman–Crippen MR) is 51.4 cm³/mol. The third kappa shape index (κ3) is 2.46. The molecule has 2 nitrogen and oxygen atoms in total. The molecule has 1 rings (SSSR count). The van der Waals surface area contributed by atoms with Crippen LogP contribution < -0.4 is 0 Å². The van der Waals surface area contributed by atoms with Crippen LogP contribution in [0.4, 0.5) is 0 Å². The highest BCUT2D eigenvalue weighted by atomic mass is 16.5. The maximum atomic E-state index is 5.54. The van der Waals surface area contributed by atoms with E-state index in [4.69, 9.17) is 4.74 Å². The van der Waals surface area contributed by atoms with Crippen molar-refractivity contribution in [3.8, 4) is 0 Å². The average Bonchev–Trinajstić information content (AvgIpc) is 2.27. The first-order valence-electron chi connectivity index (χ1n) is 5.09. The lowest BCUT2D eigenvalue weighted by Gasteiger charge is -2.31. The summed E-state index contributed by atoms with van der Waals surface area (Å²) in [7, 11) is 0. The number of hydrogen-bond donors (Lipinski definition) is 0. The van der Waals surface area contributed by atoms with Crippen LogP contribution in [0.1, 0.15) is 33.6 Å². The van der Waals surface area contributed by atoms with Gasteiger partial charge in [0.25, 0.3) is 0 Å². The van der Waals surface area contributed by atoms with Gasteiger partial charge in [-0.25, -0.2) is 0 Å². The molecular weight excluding hydrogens is 150 g/mol. The third-order valence-electron chi connectivity index (χ3n) is 2.62. The summed E-state index contributed by atoms with van der Waals surface area (Å²) in [6.45, 7) is 9.86. The van der Waals surface area contributed by atoms with Crippen LogP contribution in [0.15, 0.2) is 0 Å². The van der Waals surface area contributed by atoms with E-state index < -0.39 is 0 Å². The van der Waals surface area contributed by atoms with Gasteiger partial charge in [0.2, 0.25) is 0 Å². The Hall–Kier alpha value is -0.0800. The molecule has 0 bridgehead atoms. The second kappa shape index (κ2) is 4.83. The Labute approximate surface area is 75.9 Å². The van der Waals surface area contributed by atoms with Gasteiger partial charge >= 0.3 is 0 Å². The van der Waals surface area contributed by atoms with Crippen molar-refractivity contribution in [1.29, 1.82) is 0 Å². The first-order chi connectivity index (χ1) is 5.75. The van der Waals surface area contributed by atoms with Crippen molar-refractivity contribution < 1.29 is 4.74 Å². The van der Waals surface area contributed by atoms with Crippen LogP contribution in [0, 0.1) is 0 Å². The second-order valence-corrected chi connectivity index (χ2v) is 3.82. The molecule has 2 heteroatoms. The van der Waals surface area contributed by atoms with Gasteiger partial charge in [0.15, 0.2) is 0 Å². The fourth-order valence-corrected chi connectivity index (χ4v) is 1.88. The van der Waals surface area contributed by atoms with E-state index in [1.807, 2.05) is 0 Å². The minimum Gasteiger partial charge on any atom is -0.380 e. The molecular formula is C10H21NO. The van der Waals surface area contributed by atoms with Gasteiger partial charge < -0.3 is 4.74 Å². The fraction of sp³-hybridized carbons (Fsp3) is 1.00. The molecule has 0 amide bonds. The monoisotopic (exact) mass is 171 g/mol. The minimum atomic E-state index is 0.646. The zero-order valence-corrected chi connectivity index (χ0v) is 8.55. The lowest BCUT2D eigenvalue weighted by atomic mass is 10.1. The molecule has 0 N–H and O–H groups in total. The van der Waals surface area contributed by atoms with Crippen LogP contribution in [0.2, 0.25) is 0 Å². The van der Waals surface area contributed by atoms with E-state index in [0.29, 0.717) is 12.1 Å². The van der Waals surface area contributed by atoms with E-state index in [-0.39, 0.29) is 0 Å². The molecule has 0 radical (unpaired) electrons. The molecule has 0 aliphatic carbocycles. The molecule has 0 spiro atoms. The smallest absolute Gasteiger partial charge is 0.0621 e. The topological polar surface area (TPSA) is 12.5 Å². The number of nitrogens with zero attached hydrogens (tertiary/aromatic N) is 1. The summed E-state index contributed by atoms with van der Waals surface area (Å²) in [5.41, 5.74) is 0. The van der Waals surface area contributed by atoms with Gasteiger partial charge in [-0.05, 0) is 26.7 Å². The maximum absolute atomic E-state index is 5.54. The van der Waals surface area contributed by atoms with Gasteiger partial charge in [0, 0.05) is 25.2 Å². The summed E-state index contributed by atoms with van der Waals surface area (Å²) in [5, 5.41) is 0. The zero-order valence-electron chi connectivity index (χ0n) is 8.55. The van der Waals surface area contributed by atoms with Gasteiger partial charge in [-0.3, -0.25) is 4.90 Å². The van der Waals surface area contributed by atoms with Crippen molar-refractivity contribution >= 4 is 0 Å². The molecule has 0 aromatic heterocycles. The van der Waals surface area contributed by atoms with Gasteiger partial charge in [-0.15, -0.1) is 0 Å². The van der Waals surface area contributed by atoms with Crippen LogP contribution in [-0.4, -0.2) is 36.7 Å². The summed E-state index contributed by atoms with van der Waals surface area (Å²) >= 11 is 0. The largest absolute Gasteiger partial charge is 0.380 e. The zero-order chi connectivity index (χ0) is 8.97. The van der Waals surface area contributed by atoms with Crippen LogP contribution in [0.3, 0.4) is 0 Å². The van der Waals surface area contributed by atoms with E-state index in [0.717, 1.165) is 13.2 Å². The average molecular weight is 171 g/mol. The summed E-state index contributed by atoms with van der Waals surface area (Å²) in [6.07, 6.45) is 2.40. The van der Waals surface area contributed by atoms with Gasteiger partial charge in [0.05, 0.1) is 6.61 Å². The van der Waals surface area contributed by atoms with Gasteiger partial charge in [0.1, 0.15) is 0 Å². The van der Waals surface area contributed by atoms with Gasteiger partial charge in [-0.1, -0.05) is 6.92 Å². The quantitative estimate of drug-likeness (QED) is 0.629. The SMILES string of the molecule is CC[C@H]1COCCCN1C(C)C. The number of rotatable bonds is 2. The summed E-state index contributed by atoms with van der Waals surface area (Å²) in [5.74, 6) is 0. The van der Waals surface area contributed by atoms with Crippen LogP contribution in [0.5, 0.6) is 0 Å². The second-order valence-electron chi connectivity index (χ2n) is 3.82. The Balaban J connectivity index is 2.51. The van der Waals surface area contributed by atoms with Crippen molar-refractivity contribution in [1.82, 2.24) is 4.90 Å². The summed E-state index contributed by atoms with van der Waals surface area (Å²) < 4.78 is 5.54. The van der Waals surface area contributed by atoms with E-state index >= 15 is 0 Å². The fourth-order valence-electron chi connectivity index (χ4n) is 1.88. The van der Waals surface area contributed by atoms with Crippen molar-refractivity contribution in [2.75, 3.05) is 19.8 Å². The normalized spacial score (nSPS) is 27.5. The Morgan fingerprint density at radius 3 is 2.83 bits per heavy atom. The van der Waals surface area contributed by atoms with Crippen LogP contribution in [-0.2, 0) is 4.74 Å². The Morgan fingerprint density at radius 2 is 2.25 bits per heavy atom. The van der Waals surface area contributed by atoms with E-state index in [2.05, 4.69) is 25.7 Å². The molecule has 1 heterocycles. The van der Waals surface area contributed by atoms with Crippen molar-refractivity contribution in [2.24, 2.45) is 0 Å². The van der Waals surface area contributed by atoms with Crippen LogP contribution >= 0.6 is 0 Å². The van der Waals surface area contributed by atoms with E-state index in [9.17, 15) is 0 Å². The number of hydrogen-bond acceptors (Lipinski definition) is 2. The Kier molecular flexibility index (Phi) is 4.02. The first kappa shape index (κ1) is 10.0. The highest BCUT2D eigenvalue weighted by molar-refractivity contribution is 4.75.